The van der Waals surface area contributed by atoms with Crippen LogP contribution in [-0.2, 0) is 19.2 Å². The molecule has 0 radical (unpaired) electrons. The number of hydrogen-bond donors (Lipinski definition) is 0. The fourth-order valence-corrected chi connectivity index (χ4v) is 8.65. The summed E-state index contributed by atoms with van der Waals surface area (Å²) in [4.78, 5) is 28.2. The molecule has 148 valence electrons. The van der Waals surface area contributed by atoms with Crippen LogP contribution in [0.4, 0.5) is 0 Å². The van der Waals surface area contributed by atoms with Crippen LogP contribution in [0.1, 0.15) is 13.8 Å². The van der Waals surface area contributed by atoms with Gasteiger partial charge in [0, 0.05) is 11.8 Å². The molecule has 0 aromatic carbocycles. The van der Waals surface area contributed by atoms with Crippen LogP contribution >= 0.6 is 69.6 Å². The van der Waals surface area contributed by atoms with E-state index in [-0.39, 0.29) is 16.2 Å². The second-order valence-electron chi connectivity index (χ2n) is 7.92. The summed E-state index contributed by atoms with van der Waals surface area (Å²) in [5.41, 5.74) is 0. The van der Waals surface area contributed by atoms with Gasteiger partial charge in [0.1, 0.15) is 9.75 Å². The van der Waals surface area contributed by atoms with E-state index >= 15 is 0 Å². The number of rotatable bonds is 2. The number of halogens is 6. The molecule has 5 rings (SSSR count). The Bertz CT molecular complexity index is 774. The zero-order valence-corrected chi connectivity index (χ0v) is 18.4. The van der Waals surface area contributed by atoms with Crippen molar-refractivity contribution < 1.29 is 19.2 Å². The number of fused-ring (bicyclic) bond motifs is 12. The topological polar surface area (TPSA) is 55.8 Å². The molecule has 3 heterocycles. The fraction of sp³-hybridized carbons (Fsp3) is 0.750. The minimum atomic E-state index is -1.72. The molecular weight excluding hydrogens is 483 g/mol. The lowest BCUT2D eigenvalue weighted by atomic mass is 9.65. The normalized spacial score (nSPS) is 51.8. The maximum atomic E-state index is 12.9. The van der Waals surface area contributed by atoms with Crippen molar-refractivity contribution in [2.45, 2.75) is 46.2 Å². The van der Waals surface area contributed by atoms with Crippen LogP contribution in [0.5, 0.6) is 0 Å². The molecule has 8 atom stereocenters. The monoisotopic (exact) mass is 493 g/mol. The van der Waals surface area contributed by atoms with Gasteiger partial charge in [0.05, 0.1) is 40.2 Å². The SMILES string of the molecule is CC(C)ON1C(=O)[C@@H]2[C@H]3O[C@@H]([C@@H]2C1=O)[C@@H]1[C@@H]3[C@@]2(Cl)C(Cl)=C(Cl)[C@@]1(Cl)C2(Cl)Cl. The molecule has 5 nitrogen and oxygen atoms in total. The van der Waals surface area contributed by atoms with Crippen molar-refractivity contribution in [2.75, 3.05) is 0 Å². The maximum absolute atomic E-state index is 12.9. The lowest BCUT2D eigenvalue weighted by Crippen LogP contribution is -2.50. The fourth-order valence-electron chi connectivity index (χ4n) is 5.59. The Balaban J connectivity index is 1.63. The largest absolute Gasteiger partial charge is 0.373 e. The lowest BCUT2D eigenvalue weighted by molar-refractivity contribution is -0.202. The van der Waals surface area contributed by atoms with Crippen LogP contribution in [0.15, 0.2) is 10.1 Å². The van der Waals surface area contributed by atoms with Crippen LogP contribution in [0.2, 0.25) is 0 Å². The van der Waals surface area contributed by atoms with Crippen molar-refractivity contribution in [1.82, 2.24) is 5.06 Å². The number of nitrogens with zero attached hydrogens (tertiary/aromatic N) is 1. The lowest BCUT2D eigenvalue weighted by Gasteiger charge is -2.39. The highest BCUT2D eigenvalue weighted by Crippen LogP contribution is 2.81. The van der Waals surface area contributed by atoms with E-state index in [9.17, 15) is 9.59 Å². The van der Waals surface area contributed by atoms with E-state index in [2.05, 4.69) is 0 Å². The molecule has 0 aromatic heterocycles. The Labute approximate surface area is 185 Å². The maximum Gasteiger partial charge on any atom is 0.260 e. The van der Waals surface area contributed by atoms with Crippen LogP contribution < -0.4 is 0 Å². The Morgan fingerprint density at radius 2 is 1.33 bits per heavy atom. The van der Waals surface area contributed by atoms with Crippen molar-refractivity contribution in [2.24, 2.45) is 23.7 Å². The smallest absolute Gasteiger partial charge is 0.260 e. The zero-order valence-electron chi connectivity index (χ0n) is 13.9. The third kappa shape index (κ3) is 1.79. The number of allylic oxidation sites excluding steroid dienone is 2. The van der Waals surface area contributed by atoms with Gasteiger partial charge in [-0.25, -0.2) is 0 Å². The van der Waals surface area contributed by atoms with E-state index in [4.69, 9.17) is 79.2 Å². The molecule has 4 bridgehead atoms. The van der Waals surface area contributed by atoms with Crippen molar-refractivity contribution in [3.63, 3.8) is 0 Å². The molecule has 27 heavy (non-hydrogen) atoms. The molecule has 0 N–H and O–H groups in total. The molecule has 2 amide bonds. The van der Waals surface area contributed by atoms with Crippen LogP contribution in [-0.4, -0.2) is 49.3 Å². The van der Waals surface area contributed by atoms with Crippen LogP contribution in [0.25, 0.3) is 0 Å². The second kappa shape index (κ2) is 5.42. The summed E-state index contributed by atoms with van der Waals surface area (Å²) in [6, 6.07) is 0. The number of carbonyl (C=O) groups is 2. The van der Waals surface area contributed by atoms with E-state index in [1.54, 1.807) is 13.8 Å². The van der Waals surface area contributed by atoms with Gasteiger partial charge in [0.2, 0.25) is 0 Å². The molecule has 2 aliphatic carbocycles. The van der Waals surface area contributed by atoms with Crippen molar-refractivity contribution in [1.29, 1.82) is 0 Å². The average molecular weight is 496 g/mol. The van der Waals surface area contributed by atoms with Gasteiger partial charge in [0.25, 0.3) is 11.8 Å². The number of ether oxygens (including phenoxy) is 1. The van der Waals surface area contributed by atoms with Gasteiger partial charge in [-0.2, -0.15) is 5.06 Å². The molecule has 0 spiro atoms. The Morgan fingerprint density at radius 3 is 1.70 bits per heavy atom. The van der Waals surface area contributed by atoms with E-state index < -0.39 is 61.8 Å². The first-order valence-electron chi connectivity index (χ1n) is 8.44. The van der Waals surface area contributed by atoms with Gasteiger partial charge in [-0.3, -0.25) is 14.4 Å². The number of amides is 2. The van der Waals surface area contributed by atoms with E-state index in [0.717, 1.165) is 5.06 Å². The summed E-state index contributed by atoms with van der Waals surface area (Å²) in [5.74, 6) is -3.54. The van der Waals surface area contributed by atoms with Crippen molar-refractivity contribution in [3.05, 3.63) is 10.1 Å². The van der Waals surface area contributed by atoms with Crippen LogP contribution in [0, 0.1) is 23.7 Å². The minimum Gasteiger partial charge on any atom is -0.373 e. The van der Waals surface area contributed by atoms with Gasteiger partial charge >= 0.3 is 0 Å². The number of hydrogen-bond acceptors (Lipinski definition) is 4. The van der Waals surface area contributed by atoms with Gasteiger partial charge < -0.3 is 4.74 Å². The molecule has 3 saturated heterocycles. The first-order valence-corrected chi connectivity index (χ1v) is 10.7. The average Bonchev–Trinajstić information content (AvgIpc) is 3.27. The molecule has 0 unspecified atom stereocenters. The number of alkyl halides is 4. The summed E-state index contributed by atoms with van der Waals surface area (Å²) in [5, 5.41) is 0.956. The van der Waals surface area contributed by atoms with Crippen molar-refractivity contribution in [3.8, 4) is 0 Å². The Kier molecular flexibility index (Phi) is 3.91. The van der Waals surface area contributed by atoms with E-state index in [1.807, 2.05) is 0 Å². The predicted molar refractivity (Wildman–Crippen MR) is 101 cm³/mol. The molecular formula is C16H13Cl6NO4. The first kappa shape index (κ1) is 19.5. The molecule has 0 aromatic rings. The zero-order chi connectivity index (χ0) is 19.8. The summed E-state index contributed by atoms with van der Waals surface area (Å²) < 4.78 is 4.33. The van der Waals surface area contributed by atoms with Crippen molar-refractivity contribution >= 4 is 81.4 Å². The molecule has 1 saturated carbocycles. The number of carbonyl (C=O) groups excluding carboxylic acids is 2. The molecule has 11 heteroatoms. The number of imide groups is 1. The Morgan fingerprint density at radius 1 is 0.926 bits per heavy atom. The minimum absolute atomic E-state index is 0.0619. The molecule has 4 fully saturated rings. The van der Waals surface area contributed by atoms with Crippen LogP contribution in [0.3, 0.4) is 0 Å². The second-order valence-corrected chi connectivity index (χ2v) is 11.2. The molecule has 5 aliphatic rings. The third-order valence-corrected chi connectivity index (χ3v) is 10.7. The van der Waals surface area contributed by atoms with E-state index in [1.165, 1.54) is 0 Å². The quantitative estimate of drug-likeness (QED) is 0.432. The van der Waals surface area contributed by atoms with E-state index in [0.29, 0.717) is 0 Å². The van der Waals surface area contributed by atoms with Gasteiger partial charge in [-0.05, 0) is 13.8 Å². The van der Waals surface area contributed by atoms with Gasteiger partial charge in [-0.1, -0.05) is 46.4 Å². The molecule has 3 aliphatic heterocycles. The Hall–Kier alpha value is 0.540. The standard InChI is InChI=1S/C16H13Cl6NO4/c1-3(2)27-23-12(24)4-5(13(23)25)9-7-6(8(4)26-9)14(19)10(17)11(18)15(7,20)16(14,21)22/h3-9H,1-2H3/t4-,5+,6-,7-,8+,9-,14+,15+/m0/s1. The summed E-state index contributed by atoms with van der Waals surface area (Å²) >= 11 is 39.8. The highest BCUT2D eigenvalue weighted by atomic mass is 35.5. The summed E-state index contributed by atoms with van der Waals surface area (Å²) in [6.45, 7) is 3.46. The first-order chi connectivity index (χ1) is 12.4. The highest BCUT2D eigenvalue weighted by Gasteiger charge is 2.90. The van der Waals surface area contributed by atoms with Gasteiger partial charge in [0.15, 0.2) is 4.33 Å². The number of hydroxylamine groups is 2. The van der Waals surface area contributed by atoms with Gasteiger partial charge in [-0.15, -0.1) is 23.2 Å². The summed E-state index contributed by atoms with van der Waals surface area (Å²) in [6.07, 6.45) is -1.76. The summed E-state index contributed by atoms with van der Waals surface area (Å²) in [7, 11) is 0. The highest BCUT2D eigenvalue weighted by molar-refractivity contribution is 6.65. The predicted octanol–water partition coefficient (Wildman–Crippen LogP) is 3.79. The third-order valence-electron chi connectivity index (χ3n) is 6.45.